The van der Waals surface area contributed by atoms with Crippen molar-refractivity contribution in [3.8, 4) is 0 Å². The van der Waals surface area contributed by atoms with E-state index in [4.69, 9.17) is 4.74 Å². The second-order valence-electron chi connectivity index (χ2n) is 6.29. The van der Waals surface area contributed by atoms with Gasteiger partial charge in [0.2, 0.25) is 15.9 Å². The summed E-state index contributed by atoms with van der Waals surface area (Å²) in [6, 6.07) is 4.99. The molecule has 0 atom stereocenters. The zero-order chi connectivity index (χ0) is 18.6. The number of hydrogen-bond donors (Lipinski definition) is 1. The van der Waals surface area contributed by atoms with E-state index in [1.54, 1.807) is 31.6 Å². The second kappa shape index (κ2) is 8.15. The molecular weight excluding hydrogens is 356 g/mol. The van der Waals surface area contributed by atoms with Gasteiger partial charge in [0.1, 0.15) is 0 Å². The van der Waals surface area contributed by atoms with Gasteiger partial charge in [-0.3, -0.25) is 4.79 Å². The molecule has 2 aromatic rings. The normalized spacial score (nSPS) is 15.6. The first-order chi connectivity index (χ1) is 12.5. The minimum atomic E-state index is -3.45. The molecule has 142 valence electrons. The van der Waals surface area contributed by atoms with E-state index in [1.165, 1.54) is 4.31 Å². The number of ether oxygens (including phenoxy) is 1. The van der Waals surface area contributed by atoms with Crippen LogP contribution in [-0.4, -0.2) is 61.5 Å². The molecule has 0 bridgehead atoms. The molecule has 1 amide bonds. The van der Waals surface area contributed by atoms with E-state index < -0.39 is 10.0 Å². The number of methoxy groups -OCH3 is 1. The Hall–Kier alpha value is -1.97. The van der Waals surface area contributed by atoms with Gasteiger partial charge in [-0.25, -0.2) is 13.4 Å². The lowest BCUT2D eigenvalue weighted by Crippen LogP contribution is -2.27. The number of aryl methyl sites for hydroxylation is 1. The summed E-state index contributed by atoms with van der Waals surface area (Å²) in [6.45, 7) is 2.60. The number of imidazole rings is 1. The number of hydrogen-bond acceptors (Lipinski definition) is 5. The van der Waals surface area contributed by atoms with Gasteiger partial charge < -0.3 is 14.6 Å². The Morgan fingerprint density at radius 3 is 2.81 bits per heavy atom. The summed E-state index contributed by atoms with van der Waals surface area (Å²) in [5, 5.41) is 2.77. The number of nitrogens with zero attached hydrogens (tertiary/aromatic N) is 3. The van der Waals surface area contributed by atoms with Crippen molar-refractivity contribution in [2.45, 2.75) is 30.7 Å². The van der Waals surface area contributed by atoms with Gasteiger partial charge in [-0.15, -0.1) is 0 Å². The molecular formula is C17H24N4O4S. The first-order valence-electron chi connectivity index (χ1n) is 8.73. The number of carbonyl (C=O) groups is 1. The van der Waals surface area contributed by atoms with Crippen LogP contribution < -0.4 is 5.32 Å². The van der Waals surface area contributed by atoms with E-state index in [1.807, 2.05) is 4.57 Å². The molecule has 0 unspecified atom stereocenters. The van der Waals surface area contributed by atoms with Crippen LogP contribution in [0.5, 0.6) is 0 Å². The minimum absolute atomic E-state index is 0.0582. The lowest BCUT2D eigenvalue weighted by atomic mass is 10.3. The zero-order valence-electron chi connectivity index (χ0n) is 14.8. The molecule has 0 aliphatic carbocycles. The van der Waals surface area contributed by atoms with Crippen LogP contribution in [0.15, 0.2) is 29.4 Å². The summed E-state index contributed by atoms with van der Waals surface area (Å²) in [5.74, 6) is -0.0582. The maximum Gasteiger partial charge on any atom is 0.243 e. The molecule has 1 aliphatic rings. The zero-order valence-corrected chi connectivity index (χ0v) is 15.7. The van der Waals surface area contributed by atoms with Crippen LogP contribution in [-0.2, 0) is 26.1 Å². The summed E-state index contributed by atoms with van der Waals surface area (Å²) in [4.78, 5) is 16.4. The molecule has 8 nitrogen and oxygen atoms in total. The number of nitrogens with one attached hydrogen (secondary N) is 1. The number of benzene rings is 1. The maximum absolute atomic E-state index is 12.7. The van der Waals surface area contributed by atoms with Gasteiger partial charge in [-0.05, 0) is 31.0 Å². The summed E-state index contributed by atoms with van der Waals surface area (Å²) >= 11 is 0. The van der Waals surface area contributed by atoms with E-state index >= 15 is 0 Å². The highest BCUT2D eigenvalue weighted by Gasteiger charge is 2.27. The molecule has 1 N–H and O–H groups in total. The fraction of sp³-hybridized carbons (Fsp3) is 0.529. The van der Waals surface area contributed by atoms with Gasteiger partial charge in [0.25, 0.3) is 0 Å². The second-order valence-corrected chi connectivity index (χ2v) is 8.23. The Morgan fingerprint density at radius 2 is 2.08 bits per heavy atom. The molecule has 1 saturated heterocycles. The minimum Gasteiger partial charge on any atom is -0.383 e. The standard InChI is InChI=1S/C17H24N4O4S/c1-25-11-7-18-17(22)6-10-20-13-19-15-12-14(4-5-16(15)20)26(23,24)21-8-2-3-9-21/h4-5,12-13H,2-3,6-11H2,1H3,(H,18,22). The van der Waals surface area contributed by atoms with Gasteiger partial charge in [0, 0.05) is 39.7 Å². The van der Waals surface area contributed by atoms with E-state index in [9.17, 15) is 13.2 Å². The van der Waals surface area contributed by atoms with Crippen molar-refractivity contribution >= 4 is 27.0 Å². The van der Waals surface area contributed by atoms with Crippen molar-refractivity contribution in [3.05, 3.63) is 24.5 Å². The van der Waals surface area contributed by atoms with Gasteiger partial charge >= 0.3 is 0 Å². The average Bonchev–Trinajstić information content (AvgIpc) is 3.30. The van der Waals surface area contributed by atoms with Gasteiger partial charge in [-0.2, -0.15) is 4.31 Å². The lowest BCUT2D eigenvalue weighted by molar-refractivity contribution is -0.121. The smallest absolute Gasteiger partial charge is 0.243 e. The Labute approximate surface area is 153 Å². The van der Waals surface area contributed by atoms with Crippen LogP contribution in [0.4, 0.5) is 0 Å². The lowest BCUT2D eigenvalue weighted by Gasteiger charge is -2.15. The number of carbonyl (C=O) groups excluding carboxylic acids is 1. The highest BCUT2D eigenvalue weighted by atomic mass is 32.2. The number of amides is 1. The Morgan fingerprint density at radius 1 is 1.31 bits per heavy atom. The first-order valence-corrected chi connectivity index (χ1v) is 10.2. The Kier molecular flexibility index (Phi) is 5.90. The van der Waals surface area contributed by atoms with E-state index in [-0.39, 0.29) is 10.8 Å². The number of fused-ring (bicyclic) bond motifs is 1. The number of sulfonamides is 1. The monoisotopic (exact) mass is 380 g/mol. The third-order valence-electron chi connectivity index (χ3n) is 4.50. The third-order valence-corrected chi connectivity index (χ3v) is 6.40. The molecule has 1 aromatic heterocycles. The van der Waals surface area contributed by atoms with Crippen molar-refractivity contribution in [1.29, 1.82) is 0 Å². The highest BCUT2D eigenvalue weighted by molar-refractivity contribution is 7.89. The van der Waals surface area contributed by atoms with Crippen LogP contribution in [0, 0.1) is 0 Å². The first kappa shape index (κ1) is 18.8. The van der Waals surface area contributed by atoms with Gasteiger partial charge in [-0.1, -0.05) is 0 Å². The summed E-state index contributed by atoms with van der Waals surface area (Å²) < 4.78 is 33.6. The van der Waals surface area contributed by atoms with Gasteiger partial charge in [0.05, 0.1) is 28.9 Å². The van der Waals surface area contributed by atoms with E-state index in [0.29, 0.717) is 44.7 Å². The van der Waals surface area contributed by atoms with E-state index in [2.05, 4.69) is 10.3 Å². The SMILES string of the molecule is COCCNC(=O)CCn1cnc2cc(S(=O)(=O)N3CCCC3)ccc21. The fourth-order valence-electron chi connectivity index (χ4n) is 3.06. The Bertz CT molecular complexity index is 872. The predicted octanol–water partition coefficient (Wildman–Crippen LogP) is 0.974. The van der Waals surface area contributed by atoms with Crippen molar-refractivity contribution in [3.63, 3.8) is 0 Å². The number of rotatable bonds is 8. The van der Waals surface area contributed by atoms with Crippen LogP contribution in [0.25, 0.3) is 11.0 Å². The molecule has 1 fully saturated rings. The molecule has 26 heavy (non-hydrogen) atoms. The van der Waals surface area contributed by atoms with E-state index in [0.717, 1.165) is 18.4 Å². The Balaban J connectivity index is 1.70. The molecule has 3 rings (SSSR count). The summed E-state index contributed by atoms with van der Waals surface area (Å²) in [6.07, 6.45) is 3.77. The van der Waals surface area contributed by atoms with Crippen molar-refractivity contribution < 1.29 is 17.9 Å². The molecule has 0 saturated carbocycles. The highest BCUT2D eigenvalue weighted by Crippen LogP contribution is 2.24. The van der Waals surface area contributed by atoms with Crippen molar-refractivity contribution in [1.82, 2.24) is 19.2 Å². The summed E-state index contributed by atoms with van der Waals surface area (Å²) in [5.41, 5.74) is 1.43. The molecule has 0 spiro atoms. The fourth-order valence-corrected chi connectivity index (χ4v) is 4.60. The topological polar surface area (TPSA) is 93.5 Å². The average molecular weight is 380 g/mol. The number of aromatic nitrogens is 2. The molecule has 9 heteroatoms. The molecule has 2 heterocycles. The van der Waals surface area contributed by atoms with Crippen LogP contribution in [0.3, 0.4) is 0 Å². The van der Waals surface area contributed by atoms with Crippen LogP contribution >= 0.6 is 0 Å². The van der Waals surface area contributed by atoms with Crippen molar-refractivity contribution in [2.75, 3.05) is 33.4 Å². The largest absolute Gasteiger partial charge is 0.383 e. The van der Waals surface area contributed by atoms with Gasteiger partial charge in [0.15, 0.2) is 0 Å². The maximum atomic E-state index is 12.7. The van der Waals surface area contributed by atoms with Crippen LogP contribution in [0.1, 0.15) is 19.3 Å². The predicted molar refractivity (Wildman–Crippen MR) is 97.2 cm³/mol. The van der Waals surface area contributed by atoms with Crippen molar-refractivity contribution in [2.24, 2.45) is 0 Å². The molecule has 1 aromatic carbocycles. The van der Waals surface area contributed by atoms with Crippen LogP contribution in [0.2, 0.25) is 0 Å². The summed E-state index contributed by atoms with van der Waals surface area (Å²) in [7, 11) is -1.87. The molecule has 1 aliphatic heterocycles. The molecule has 0 radical (unpaired) electrons. The third kappa shape index (κ3) is 4.05. The quantitative estimate of drug-likeness (QED) is 0.689.